The minimum absolute atomic E-state index is 0.0829. The summed E-state index contributed by atoms with van der Waals surface area (Å²) >= 11 is 0. The Balaban J connectivity index is 1.90. The van der Waals surface area contributed by atoms with Gasteiger partial charge in [0.05, 0.1) is 18.6 Å². The van der Waals surface area contributed by atoms with Crippen LogP contribution in [0.3, 0.4) is 0 Å². The summed E-state index contributed by atoms with van der Waals surface area (Å²) in [7, 11) is -1.46. The fraction of sp³-hybridized carbons (Fsp3) is 0.480. The predicted octanol–water partition coefficient (Wildman–Crippen LogP) is 4.08. The molecule has 1 aliphatic carbocycles. The van der Waals surface area contributed by atoms with Gasteiger partial charge >= 0.3 is 5.97 Å². The highest BCUT2D eigenvalue weighted by Gasteiger charge is 2.42. The standard InChI is InChI=1S/C25H33O3Si/c1-6-27-24(26)23-18(2)12-17-22(23)28-29(20-10-8-7-9-11-20)21-15-13-19(14-16-21)25(3,4)5/h7-11,13-16,18,22-23H,6,12,17H2,1-5H3. The lowest BCUT2D eigenvalue weighted by atomic mass is 9.87. The average Bonchev–Trinajstić information content (AvgIpc) is 3.06. The number of carbonyl (C=O) groups is 1. The van der Waals surface area contributed by atoms with E-state index < -0.39 is 9.04 Å². The largest absolute Gasteiger partial charge is 0.466 e. The zero-order valence-corrected chi connectivity index (χ0v) is 19.3. The number of rotatable bonds is 6. The molecule has 1 fully saturated rings. The second kappa shape index (κ2) is 9.27. The van der Waals surface area contributed by atoms with E-state index in [9.17, 15) is 4.79 Å². The van der Waals surface area contributed by atoms with Gasteiger partial charge in [-0.25, -0.2) is 0 Å². The first kappa shape index (κ1) is 21.8. The smallest absolute Gasteiger partial charge is 0.311 e. The van der Waals surface area contributed by atoms with Gasteiger partial charge in [0.1, 0.15) is 0 Å². The minimum Gasteiger partial charge on any atom is -0.466 e. The molecule has 1 radical (unpaired) electrons. The van der Waals surface area contributed by atoms with E-state index in [1.807, 2.05) is 13.0 Å². The van der Waals surface area contributed by atoms with E-state index in [2.05, 4.69) is 76.2 Å². The Morgan fingerprint density at radius 3 is 2.21 bits per heavy atom. The van der Waals surface area contributed by atoms with E-state index in [-0.39, 0.29) is 23.4 Å². The molecule has 3 nitrogen and oxygen atoms in total. The molecule has 155 valence electrons. The summed E-state index contributed by atoms with van der Waals surface area (Å²) in [6.07, 6.45) is 1.83. The van der Waals surface area contributed by atoms with Crippen LogP contribution in [0, 0.1) is 11.8 Å². The first-order chi connectivity index (χ1) is 13.8. The maximum Gasteiger partial charge on any atom is 0.311 e. The van der Waals surface area contributed by atoms with Crippen LogP contribution in [0.15, 0.2) is 54.6 Å². The molecule has 0 amide bonds. The average molecular weight is 410 g/mol. The molecule has 1 aliphatic rings. The SMILES string of the molecule is CCOC(=O)C1C(C)CCC1O[Si](c1ccccc1)c1ccc(C(C)(C)C)cc1. The van der Waals surface area contributed by atoms with Crippen LogP contribution < -0.4 is 10.4 Å². The Labute approximate surface area is 177 Å². The van der Waals surface area contributed by atoms with Gasteiger partial charge in [-0.2, -0.15) is 0 Å². The quantitative estimate of drug-likeness (QED) is 0.533. The van der Waals surface area contributed by atoms with Crippen LogP contribution in [-0.2, 0) is 19.4 Å². The van der Waals surface area contributed by atoms with Gasteiger partial charge in [-0.3, -0.25) is 4.79 Å². The molecule has 0 aliphatic heterocycles. The van der Waals surface area contributed by atoms with Crippen molar-refractivity contribution < 1.29 is 14.0 Å². The molecule has 2 aromatic carbocycles. The first-order valence-electron chi connectivity index (χ1n) is 10.7. The van der Waals surface area contributed by atoms with E-state index in [1.165, 1.54) is 15.9 Å². The third-order valence-corrected chi connectivity index (χ3v) is 8.05. The lowest BCUT2D eigenvalue weighted by Gasteiger charge is -2.27. The van der Waals surface area contributed by atoms with E-state index in [1.54, 1.807) is 0 Å². The second-order valence-electron chi connectivity index (χ2n) is 9.01. The van der Waals surface area contributed by atoms with Crippen LogP contribution in [0.5, 0.6) is 0 Å². The maximum atomic E-state index is 12.6. The molecule has 0 aromatic heterocycles. The summed E-state index contributed by atoms with van der Waals surface area (Å²) in [6.45, 7) is 11.1. The van der Waals surface area contributed by atoms with Gasteiger partial charge in [-0.05, 0) is 47.0 Å². The summed E-state index contributed by atoms with van der Waals surface area (Å²) in [5.41, 5.74) is 1.43. The lowest BCUT2D eigenvalue weighted by molar-refractivity contribution is -0.151. The summed E-state index contributed by atoms with van der Waals surface area (Å²) < 4.78 is 12.1. The summed E-state index contributed by atoms with van der Waals surface area (Å²) in [5.74, 6) is 0.00819. The molecular formula is C25H33O3Si. The van der Waals surface area contributed by atoms with Crippen molar-refractivity contribution in [1.29, 1.82) is 0 Å². The summed E-state index contributed by atoms with van der Waals surface area (Å²) in [6, 6.07) is 19.3. The summed E-state index contributed by atoms with van der Waals surface area (Å²) in [4.78, 5) is 12.6. The number of carbonyl (C=O) groups excluding carboxylic acids is 1. The number of esters is 1. The van der Waals surface area contributed by atoms with Crippen LogP contribution in [0.25, 0.3) is 0 Å². The van der Waals surface area contributed by atoms with Gasteiger partial charge in [0, 0.05) is 0 Å². The Bertz CT molecular complexity index is 795. The second-order valence-corrected chi connectivity index (χ2v) is 11.1. The van der Waals surface area contributed by atoms with Crippen molar-refractivity contribution >= 4 is 25.4 Å². The Hall–Kier alpha value is -1.91. The first-order valence-corrected chi connectivity index (χ1v) is 12.1. The van der Waals surface area contributed by atoms with Gasteiger partial charge in [0.25, 0.3) is 9.04 Å². The van der Waals surface area contributed by atoms with Crippen LogP contribution in [0.1, 0.15) is 53.0 Å². The third kappa shape index (κ3) is 5.17. The van der Waals surface area contributed by atoms with Crippen molar-refractivity contribution in [3.63, 3.8) is 0 Å². The van der Waals surface area contributed by atoms with E-state index >= 15 is 0 Å². The van der Waals surface area contributed by atoms with Crippen molar-refractivity contribution in [3.8, 4) is 0 Å². The van der Waals surface area contributed by atoms with Gasteiger partial charge in [0.15, 0.2) is 0 Å². The number of benzene rings is 2. The molecule has 3 rings (SSSR count). The van der Waals surface area contributed by atoms with E-state index in [0.717, 1.165) is 12.8 Å². The third-order valence-electron chi connectivity index (χ3n) is 5.80. The predicted molar refractivity (Wildman–Crippen MR) is 120 cm³/mol. The number of hydrogen-bond acceptors (Lipinski definition) is 3. The van der Waals surface area contributed by atoms with Crippen molar-refractivity contribution in [2.75, 3.05) is 6.61 Å². The topological polar surface area (TPSA) is 35.5 Å². The number of hydrogen-bond donors (Lipinski definition) is 0. The number of ether oxygens (including phenoxy) is 1. The molecule has 0 saturated heterocycles. The highest BCUT2D eigenvalue weighted by atomic mass is 28.3. The molecule has 3 unspecified atom stereocenters. The zero-order valence-electron chi connectivity index (χ0n) is 18.3. The van der Waals surface area contributed by atoms with Gasteiger partial charge in [-0.1, -0.05) is 82.3 Å². The molecular weight excluding hydrogens is 376 g/mol. The van der Waals surface area contributed by atoms with Crippen molar-refractivity contribution in [1.82, 2.24) is 0 Å². The van der Waals surface area contributed by atoms with E-state index in [0.29, 0.717) is 12.5 Å². The molecule has 0 N–H and O–H groups in total. The van der Waals surface area contributed by atoms with Crippen LogP contribution in [0.2, 0.25) is 0 Å². The molecule has 29 heavy (non-hydrogen) atoms. The molecule has 0 bridgehead atoms. The van der Waals surface area contributed by atoms with Crippen LogP contribution >= 0.6 is 0 Å². The molecule has 0 spiro atoms. The fourth-order valence-electron chi connectivity index (χ4n) is 4.07. The van der Waals surface area contributed by atoms with Crippen molar-refractivity contribution in [3.05, 3.63) is 60.2 Å². The van der Waals surface area contributed by atoms with Gasteiger partial charge in [-0.15, -0.1) is 0 Å². The lowest BCUT2D eigenvalue weighted by Crippen LogP contribution is -2.49. The van der Waals surface area contributed by atoms with E-state index in [4.69, 9.17) is 9.16 Å². The minimum atomic E-state index is -1.46. The van der Waals surface area contributed by atoms with Crippen molar-refractivity contribution in [2.24, 2.45) is 11.8 Å². The zero-order chi connectivity index (χ0) is 21.0. The Morgan fingerprint density at radius 1 is 1.00 bits per heavy atom. The summed E-state index contributed by atoms with van der Waals surface area (Å²) in [5, 5.41) is 2.43. The monoisotopic (exact) mass is 409 g/mol. The highest BCUT2D eigenvalue weighted by molar-refractivity contribution is 6.80. The Morgan fingerprint density at radius 2 is 1.62 bits per heavy atom. The van der Waals surface area contributed by atoms with Crippen LogP contribution in [-0.4, -0.2) is 27.7 Å². The fourth-order valence-corrected chi connectivity index (χ4v) is 6.21. The van der Waals surface area contributed by atoms with Gasteiger partial charge in [0.2, 0.25) is 0 Å². The van der Waals surface area contributed by atoms with Crippen molar-refractivity contribution in [2.45, 2.75) is 59.0 Å². The van der Waals surface area contributed by atoms with Crippen LogP contribution in [0.4, 0.5) is 0 Å². The normalized spacial score (nSPS) is 22.1. The highest BCUT2D eigenvalue weighted by Crippen LogP contribution is 2.35. The Kier molecular flexibility index (Phi) is 6.96. The molecule has 1 saturated carbocycles. The molecule has 0 heterocycles. The molecule has 3 atom stereocenters. The molecule has 4 heteroatoms. The maximum absolute atomic E-state index is 12.6. The molecule has 2 aromatic rings. The van der Waals surface area contributed by atoms with Gasteiger partial charge < -0.3 is 9.16 Å².